The predicted octanol–water partition coefficient (Wildman–Crippen LogP) is 2.03. The lowest BCUT2D eigenvalue weighted by molar-refractivity contribution is -0.385. The molecule has 0 saturated carbocycles. The van der Waals surface area contributed by atoms with E-state index in [9.17, 15) is 18.5 Å². The molecule has 0 aliphatic carbocycles. The quantitative estimate of drug-likeness (QED) is 0.367. The number of rotatable bonds is 9. The molecule has 0 radical (unpaired) electrons. The van der Waals surface area contributed by atoms with Crippen LogP contribution in [0.2, 0.25) is 0 Å². The van der Waals surface area contributed by atoms with E-state index in [1.54, 1.807) is 14.0 Å². The Labute approximate surface area is 154 Å². The normalized spacial score (nSPS) is 16.7. The van der Waals surface area contributed by atoms with Crippen LogP contribution in [0.25, 0.3) is 0 Å². The summed E-state index contributed by atoms with van der Waals surface area (Å²) in [6.45, 7) is 5.55. The molecule has 26 heavy (non-hydrogen) atoms. The highest BCUT2D eigenvalue weighted by molar-refractivity contribution is 7.89. The van der Waals surface area contributed by atoms with E-state index in [0.29, 0.717) is 31.7 Å². The number of nitro benzene ring substituents is 1. The van der Waals surface area contributed by atoms with Crippen LogP contribution >= 0.6 is 0 Å². The van der Waals surface area contributed by atoms with Gasteiger partial charge in [0.15, 0.2) is 0 Å². The van der Waals surface area contributed by atoms with Crippen LogP contribution < -0.4 is 0 Å². The Kier molecular flexibility index (Phi) is 7.51. The smallest absolute Gasteiger partial charge is 0.270 e. The number of ether oxygens (including phenoxy) is 1. The topological polar surface area (TPSA) is 93.0 Å². The van der Waals surface area contributed by atoms with Crippen LogP contribution in [0.1, 0.15) is 24.8 Å². The Hall–Kier alpha value is -1.55. The molecular weight excluding hydrogens is 358 g/mol. The maximum Gasteiger partial charge on any atom is 0.270 e. The molecule has 0 spiro atoms. The van der Waals surface area contributed by atoms with Crippen LogP contribution in [0, 0.1) is 17.0 Å². The fourth-order valence-corrected chi connectivity index (χ4v) is 4.74. The monoisotopic (exact) mass is 385 g/mol. The van der Waals surface area contributed by atoms with Crippen molar-refractivity contribution in [2.24, 2.45) is 0 Å². The second kappa shape index (κ2) is 9.40. The van der Waals surface area contributed by atoms with Gasteiger partial charge in [-0.15, -0.1) is 0 Å². The van der Waals surface area contributed by atoms with Gasteiger partial charge in [-0.25, -0.2) is 8.42 Å². The van der Waals surface area contributed by atoms with Crippen molar-refractivity contribution in [2.45, 2.75) is 31.1 Å². The number of benzene rings is 1. The molecule has 1 heterocycles. The first-order valence-electron chi connectivity index (χ1n) is 8.82. The number of nitro groups is 1. The first kappa shape index (κ1) is 20.8. The number of piperazine rings is 1. The summed E-state index contributed by atoms with van der Waals surface area (Å²) in [6.07, 6.45) is 3.20. The first-order chi connectivity index (χ1) is 12.4. The third-order valence-corrected chi connectivity index (χ3v) is 6.70. The average molecular weight is 385 g/mol. The molecule has 0 unspecified atom stereocenters. The molecule has 1 aromatic carbocycles. The highest BCUT2D eigenvalue weighted by atomic mass is 32.2. The predicted molar refractivity (Wildman–Crippen MR) is 98.8 cm³/mol. The number of hydrogen-bond acceptors (Lipinski definition) is 6. The van der Waals surface area contributed by atoms with Crippen molar-refractivity contribution in [3.8, 4) is 0 Å². The molecule has 1 aliphatic rings. The molecule has 8 nitrogen and oxygen atoms in total. The standard InChI is InChI=1S/C17H27N3O5S/c1-15-6-7-16(20(21)22)14-17(15)26(23,24)19-11-9-18(10-12-19)8-4-3-5-13-25-2/h6-7,14H,3-5,8-13H2,1-2H3. The van der Waals surface area contributed by atoms with Crippen molar-refractivity contribution in [2.75, 3.05) is 46.4 Å². The first-order valence-corrected chi connectivity index (χ1v) is 10.3. The van der Waals surface area contributed by atoms with Crippen molar-refractivity contribution >= 4 is 15.7 Å². The van der Waals surface area contributed by atoms with E-state index in [1.807, 2.05) is 0 Å². The molecule has 0 bridgehead atoms. The van der Waals surface area contributed by atoms with E-state index in [-0.39, 0.29) is 10.6 Å². The van der Waals surface area contributed by atoms with Crippen LogP contribution in [0.3, 0.4) is 0 Å². The Bertz CT molecular complexity index is 715. The molecule has 0 amide bonds. The van der Waals surface area contributed by atoms with Gasteiger partial charge in [-0.05, 0) is 38.3 Å². The zero-order valence-electron chi connectivity index (χ0n) is 15.4. The lowest BCUT2D eigenvalue weighted by atomic mass is 10.2. The van der Waals surface area contributed by atoms with Crippen LogP contribution in [0.15, 0.2) is 23.1 Å². The van der Waals surface area contributed by atoms with Crippen LogP contribution in [0.5, 0.6) is 0 Å². The molecule has 146 valence electrons. The molecule has 1 aromatic rings. The maximum absolute atomic E-state index is 12.9. The van der Waals surface area contributed by atoms with Crippen LogP contribution in [-0.4, -0.2) is 69.0 Å². The van der Waals surface area contributed by atoms with E-state index < -0.39 is 14.9 Å². The van der Waals surface area contributed by atoms with E-state index in [2.05, 4.69) is 4.90 Å². The Morgan fingerprint density at radius 2 is 1.85 bits per heavy atom. The van der Waals surface area contributed by atoms with Crippen molar-refractivity contribution in [3.63, 3.8) is 0 Å². The van der Waals surface area contributed by atoms with E-state index >= 15 is 0 Å². The summed E-state index contributed by atoms with van der Waals surface area (Å²) in [5.74, 6) is 0. The summed E-state index contributed by atoms with van der Waals surface area (Å²) in [4.78, 5) is 12.7. The average Bonchev–Trinajstić information content (AvgIpc) is 2.62. The molecule has 1 fully saturated rings. The minimum absolute atomic E-state index is 0.0275. The summed E-state index contributed by atoms with van der Waals surface area (Å²) in [5.41, 5.74) is 0.319. The van der Waals surface area contributed by atoms with Gasteiger partial charge >= 0.3 is 0 Å². The van der Waals surface area contributed by atoms with Crippen LogP contribution in [-0.2, 0) is 14.8 Å². The summed E-state index contributed by atoms with van der Waals surface area (Å²) >= 11 is 0. The molecule has 9 heteroatoms. The summed E-state index contributed by atoms with van der Waals surface area (Å²) < 4.78 is 32.2. The molecule has 0 N–H and O–H groups in total. The maximum atomic E-state index is 12.9. The van der Waals surface area contributed by atoms with E-state index in [0.717, 1.165) is 38.5 Å². The van der Waals surface area contributed by atoms with E-state index in [4.69, 9.17) is 4.74 Å². The van der Waals surface area contributed by atoms with Crippen molar-refractivity contribution in [1.29, 1.82) is 0 Å². The Morgan fingerprint density at radius 1 is 1.15 bits per heavy atom. The number of methoxy groups -OCH3 is 1. The van der Waals surface area contributed by atoms with Crippen LogP contribution in [0.4, 0.5) is 5.69 Å². The lowest BCUT2D eigenvalue weighted by Gasteiger charge is -2.34. The van der Waals surface area contributed by atoms with Gasteiger partial charge in [0.1, 0.15) is 0 Å². The Morgan fingerprint density at radius 3 is 2.46 bits per heavy atom. The largest absolute Gasteiger partial charge is 0.385 e. The Balaban J connectivity index is 1.96. The van der Waals surface area contributed by atoms with Gasteiger partial charge in [-0.1, -0.05) is 6.07 Å². The fraction of sp³-hybridized carbons (Fsp3) is 0.647. The summed E-state index contributed by atoms with van der Waals surface area (Å²) in [5, 5.41) is 11.0. The highest BCUT2D eigenvalue weighted by Crippen LogP contribution is 2.25. The number of aryl methyl sites for hydroxylation is 1. The number of sulfonamides is 1. The van der Waals surface area contributed by atoms with Gasteiger partial charge in [-0.3, -0.25) is 10.1 Å². The van der Waals surface area contributed by atoms with E-state index in [1.165, 1.54) is 16.4 Å². The zero-order chi connectivity index (χ0) is 19.2. The number of nitrogens with zero attached hydrogens (tertiary/aromatic N) is 3. The molecule has 1 saturated heterocycles. The summed E-state index contributed by atoms with van der Waals surface area (Å²) in [6, 6.07) is 3.98. The van der Waals surface area contributed by atoms with Crippen molar-refractivity contribution in [3.05, 3.63) is 33.9 Å². The minimum Gasteiger partial charge on any atom is -0.385 e. The van der Waals surface area contributed by atoms with Crippen molar-refractivity contribution < 1.29 is 18.1 Å². The second-order valence-electron chi connectivity index (χ2n) is 6.51. The zero-order valence-corrected chi connectivity index (χ0v) is 16.2. The van der Waals surface area contributed by atoms with Gasteiger partial charge in [0, 0.05) is 52.0 Å². The second-order valence-corrected chi connectivity index (χ2v) is 8.41. The molecule has 0 aromatic heterocycles. The highest BCUT2D eigenvalue weighted by Gasteiger charge is 2.30. The van der Waals surface area contributed by atoms with Crippen molar-refractivity contribution in [1.82, 2.24) is 9.21 Å². The van der Waals surface area contributed by atoms with Gasteiger partial charge in [0.2, 0.25) is 10.0 Å². The van der Waals surface area contributed by atoms with Gasteiger partial charge in [-0.2, -0.15) is 4.31 Å². The summed E-state index contributed by atoms with van der Waals surface area (Å²) in [7, 11) is -2.02. The van der Waals surface area contributed by atoms with Gasteiger partial charge in [0.05, 0.1) is 9.82 Å². The molecule has 1 aliphatic heterocycles. The fourth-order valence-electron chi connectivity index (χ4n) is 3.07. The number of non-ortho nitro benzene ring substituents is 1. The number of hydrogen-bond donors (Lipinski definition) is 0. The van der Waals surface area contributed by atoms with Gasteiger partial charge < -0.3 is 9.64 Å². The SMILES string of the molecule is COCCCCCN1CCN(S(=O)(=O)c2cc([N+](=O)[O-])ccc2C)CC1. The number of unbranched alkanes of at least 4 members (excludes halogenated alkanes) is 2. The third kappa shape index (κ3) is 5.23. The molecule has 0 atom stereocenters. The molecular formula is C17H27N3O5S. The molecule has 2 rings (SSSR count). The minimum atomic E-state index is -3.72. The lowest BCUT2D eigenvalue weighted by Crippen LogP contribution is -2.48. The van der Waals surface area contributed by atoms with Gasteiger partial charge in [0.25, 0.3) is 5.69 Å². The third-order valence-electron chi connectivity index (χ3n) is 4.65.